The number of pyridine rings is 1. The summed E-state index contributed by atoms with van der Waals surface area (Å²) >= 11 is 6.13. The molecule has 0 unspecified atom stereocenters. The van der Waals surface area contributed by atoms with Crippen molar-refractivity contribution in [2.45, 2.75) is 0 Å². The van der Waals surface area contributed by atoms with Crippen molar-refractivity contribution in [3.05, 3.63) is 65.8 Å². The van der Waals surface area contributed by atoms with Crippen molar-refractivity contribution in [2.75, 3.05) is 86.0 Å². The zero-order chi connectivity index (χ0) is 26.4. The molecule has 10 nitrogen and oxygen atoms in total. The first-order valence-electron chi connectivity index (χ1n) is 13.4. The van der Waals surface area contributed by atoms with Gasteiger partial charge in [-0.1, -0.05) is 29.8 Å². The Morgan fingerprint density at radius 3 is 2.33 bits per heavy atom. The van der Waals surface area contributed by atoms with Crippen molar-refractivity contribution in [2.24, 2.45) is 0 Å². The Morgan fingerprint density at radius 1 is 0.821 bits per heavy atom. The third-order valence-electron chi connectivity index (χ3n) is 7.04. The van der Waals surface area contributed by atoms with E-state index in [-0.39, 0.29) is 0 Å². The number of hydrogen-bond acceptors (Lipinski definition) is 10. The van der Waals surface area contributed by atoms with E-state index in [1.165, 1.54) is 0 Å². The lowest BCUT2D eigenvalue weighted by Crippen LogP contribution is -2.48. The molecule has 11 heteroatoms. The van der Waals surface area contributed by atoms with Gasteiger partial charge in [-0.25, -0.2) is 0 Å². The van der Waals surface area contributed by atoms with Crippen LogP contribution in [0.3, 0.4) is 0 Å². The molecule has 0 atom stereocenters. The van der Waals surface area contributed by atoms with Crippen LogP contribution in [0.2, 0.25) is 5.02 Å². The Kier molecular flexibility index (Phi) is 7.85. The third kappa shape index (κ3) is 6.30. The number of hydrogen-bond donors (Lipinski definition) is 2. The Bertz CT molecular complexity index is 1390. The van der Waals surface area contributed by atoms with Crippen LogP contribution in [0.4, 0.5) is 29.2 Å². The van der Waals surface area contributed by atoms with E-state index in [4.69, 9.17) is 31.3 Å². The van der Waals surface area contributed by atoms with E-state index in [0.29, 0.717) is 36.1 Å². The monoisotopic (exact) mass is 545 g/mol. The summed E-state index contributed by atoms with van der Waals surface area (Å²) in [5.74, 6) is 1.97. The lowest BCUT2D eigenvalue weighted by Gasteiger charge is -2.35. The second-order valence-corrected chi connectivity index (χ2v) is 10.1. The van der Waals surface area contributed by atoms with Gasteiger partial charge in [0.05, 0.1) is 18.7 Å². The number of nitrogens with zero attached hydrogens (tertiary/aromatic N) is 7. The van der Waals surface area contributed by atoms with Crippen LogP contribution in [-0.4, -0.2) is 90.4 Å². The van der Waals surface area contributed by atoms with Crippen LogP contribution in [0.25, 0.3) is 10.9 Å². The molecular weight excluding hydrogens is 514 g/mol. The molecule has 0 aliphatic carbocycles. The van der Waals surface area contributed by atoms with E-state index < -0.39 is 0 Å². The Labute approximate surface area is 233 Å². The summed E-state index contributed by atoms with van der Waals surface area (Å²) in [7, 11) is 0. The van der Waals surface area contributed by atoms with Gasteiger partial charge in [-0.3, -0.25) is 9.88 Å². The summed E-state index contributed by atoms with van der Waals surface area (Å²) < 4.78 is 5.53. The van der Waals surface area contributed by atoms with Crippen LogP contribution >= 0.6 is 11.6 Å². The number of para-hydroxylation sites is 1. The molecule has 4 heterocycles. The van der Waals surface area contributed by atoms with Gasteiger partial charge in [-0.2, -0.15) is 15.0 Å². The molecule has 2 aliphatic rings. The molecule has 2 aromatic carbocycles. The lowest BCUT2D eigenvalue weighted by atomic mass is 10.2. The van der Waals surface area contributed by atoms with Crippen molar-refractivity contribution in [3.63, 3.8) is 0 Å². The number of rotatable bonds is 8. The standard InChI is InChI=1S/C28H32ClN9O/c29-21-6-7-23-24(8-9-30-25(23)20-21)31-10-11-36-12-14-37(15-13-36)27-33-26(32-22-4-2-1-3-5-22)34-28(35-27)38-16-18-39-19-17-38/h1-9,20H,10-19H2,(H,30,31)(H,32,33,34,35). The zero-order valence-corrected chi connectivity index (χ0v) is 22.5. The molecule has 6 rings (SSSR count). The number of anilines is 5. The minimum absolute atomic E-state index is 0.560. The van der Waals surface area contributed by atoms with E-state index in [1.54, 1.807) is 0 Å². The van der Waals surface area contributed by atoms with Crippen molar-refractivity contribution in [1.82, 2.24) is 24.8 Å². The minimum Gasteiger partial charge on any atom is -0.383 e. The van der Waals surface area contributed by atoms with Crippen LogP contribution in [0.1, 0.15) is 0 Å². The molecule has 0 spiro atoms. The van der Waals surface area contributed by atoms with Gasteiger partial charge in [0.1, 0.15) is 0 Å². The van der Waals surface area contributed by atoms with E-state index in [1.807, 2.05) is 60.8 Å². The Hall–Kier alpha value is -3.73. The summed E-state index contributed by atoms with van der Waals surface area (Å²) in [4.78, 5) is 25.7. The molecule has 0 radical (unpaired) electrons. The van der Waals surface area contributed by atoms with Gasteiger partial charge in [-0.15, -0.1) is 0 Å². The van der Waals surface area contributed by atoms with E-state index >= 15 is 0 Å². The summed E-state index contributed by atoms with van der Waals surface area (Å²) in [6.45, 7) is 8.28. The van der Waals surface area contributed by atoms with Crippen LogP contribution in [0.15, 0.2) is 60.8 Å². The maximum Gasteiger partial charge on any atom is 0.233 e. The fraction of sp³-hybridized carbons (Fsp3) is 0.357. The highest BCUT2D eigenvalue weighted by molar-refractivity contribution is 6.31. The van der Waals surface area contributed by atoms with Crippen molar-refractivity contribution >= 4 is 51.7 Å². The number of benzene rings is 2. The van der Waals surface area contributed by atoms with Gasteiger partial charge in [0.25, 0.3) is 0 Å². The number of aromatic nitrogens is 4. The van der Waals surface area contributed by atoms with Crippen LogP contribution in [0.5, 0.6) is 0 Å². The van der Waals surface area contributed by atoms with Gasteiger partial charge in [0.15, 0.2) is 0 Å². The van der Waals surface area contributed by atoms with Gasteiger partial charge in [0, 0.05) is 80.3 Å². The van der Waals surface area contributed by atoms with Crippen molar-refractivity contribution < 1.29 is 4.74 Å². The smallest absolute Gasteiger partial charge is 0.233 e. The van der Waals surface area contributed by atoms with Gasteiger partial charge < -0.3 is 25.2 Å². The topological polar surface area (TPSA) is 94.6 Å². The zero-order valence-electron chi connectivity index (χ0n) is 21.8. The van der Waals surface area contributed by atoms with E-state index in [0.717, 1.165) is 74.6 Å². The van der Waals surface area contributed by atoms with Gasteiger partial charge in [0.2, 0.25) is 17.8 Å². The number of ether oxygens (including phenoxy) is 1. The number of piperazine rings is 1. The second-order valence-electron chi connectivity index (χ2n) is 9.62. The van der Waals surface area contributed by atoms with E-state index in [2.05, 4.69) is 30.3 Å². The highest BCUT2D eigenvalue weighted by Crippen LogP contribution is 2.25. The van der Waals surface area contributed by atoms with Crippen LogP contribution in [-0.2, 0) is 4.74 Å². The largest absolute Gasteiger partial charge is 0.383 e. The summed E-state index contributed by atoms with van der Waals surface area (Å²) in [5, 5.41) is 8.71. The maximum atomic E-state index is 6.13. The molecule has 2 aromatic heterocycles. The fourth-order valence-corrected chi connectivity index (χ4v) is 5.07. The molecule has 0 amide bonds. The second kappa shape index (κ2) is 12.0. The van der Waals surface area contributed by atoms with Crippen molar-refractivity contribution in [1.29, 1.82) is 0 Å². The molecule has 2 fully saturated rings. The molecule has 39 heavy (non-hydrogen) atoms. The van der Waals surface area contributed by atoms with Gasteiger partial charge in [-0.05, 0) is 36.4 Å². The van der Waals surface area contributed by atoms with Crippen molar-refractivity contribution in [3.8, 4) is 0 Å². The average molecular weight is 546 g/mol. The number of morpholine rings is 1. The van der Waals surface area contributed by atoms with Crippen LogP contribution < -0.4 is 20.4 Å². The average Bonchev–Trinajstić information content (AvgIpc) is 2.98. The molecule has 0 bridgehead atoms. The first-order valence-corrected chi connectivity index (χ1v) is 13.8. The predicted molar refractivity (Wildman–Crippen MR) is 156 cm³/mol. The minimum atomic E-state index is 0.560. The molecule has 2 aliphatic heterocycles. The fourth-order valence-electron chi connectivity index (χ4n) is 4.90. The molecule has 2 saturated heterocycles. The first-order chi connectivity index (χ1) is 19.2. The van der Waals surface area contributed by atoms with Crippen LogP contribution in [0, 0.1) is 0 Å². The third-order valence-corrected chi connectivity index (χ3v) is 7.27. The quantitative estimate of drug-likeness (QED) is 0.339. The predicted octanol–water partition coefficient (Wildman–Crippen LogP) is 3.89. The normalized spacial score (nSPS) is 16.4. The Balaban J connectivity index is 1.09. The highest BCUT2D eigenvalue weighted by atomic mass is 35.5. The SMILES string of the molecule is Clc1ccc2c(NCCN3CCN(c4nc(Nc5ccccc5)nc(N5CCOCC5)n4)CC3)ccnc2c1. The highest BCUT2D eigenvalue weighted by Gasteiger charge is 2.23. The summed E-state index contributed by atoms with van der Waals surface area (Å²) in [6.07, 6.45) is 1.82. The first kappa shape index (κ1) is 25.5. The summed E-state index contributed by atoms with van der Waals surface area (Å²) in [6, 6.07) is 17.8. The van der Waals surface area contributed by atoms with E-state index in [9.17, 15) is 0 Å². The molecule has 202 valence electrons. The number of nitrogens with one attached hydrogen (secondary N) is 2. The Morgan fingerprint density at radius 2 is 1.56 bits per heavy atom. The summed E-state index contributed by atoms with van der Waals surface area (Å²) in [5.41, 5.74) is 2.93. The molecular formula is C28H32ClN9O. The molecule has 0 saturated carbocycles. The lowest BCUT2D eigenvalue weighted by molar-refractivity contribution is 0.122. The number of halogens is 1. The molecule has 4 aromatic rings. The maximum absolute atomic E-state index is 6.13. The molecule has 2 N–H and O–H groups in total. The van der Waals surface area contributed by atoms with Gasteiger partial charge >= 0.3 is 0 Å². The number of fused-ring (bicyclic) bond motifs is 1.